The van der Waals surface area contributed by atoms with E-state index in [1.54, 1.807) is 31.2 Å². The number of nitrogens with zero attached hydrogens (tertiary/aromatic N) is 1. The first-order chi connectivity index (χ1) is 12.7. The van der Waals surface area contributed by atoms with Gasteiger partial charge in [-0.15, -0.1) is 0 Å². The van der Waals surface area contributed by atoms with Gasteiger partial charge in [0, 0.05) is 11.5 Å². The standard InChI is InChI=1S/C18H26N3O5P/c1-4-8-17(27(24,25)26-12(3)5-2)20-18-14-10-7-6-9-13(14)16(21(22)23)11-15(18)19/h6-7,9-12,17,20H,4-5,8,19H2,1-3H3,(H,24,25). The third-order valence-electron chi connectivity index (χ3n) is 4.42. The Morgan fingerprint density at radius 1 is 1.33 bits per heavy atom. The van der Waals surface area contributed by atoms with Gasteiger partial charge < -0.3 is 20.5 Å². The highest BCUT2D eigenvalue weighted by Crippen LogP contribution is 2.52. The van der Waals surface area contributed by atoms with Gasteiger partial charge in [-0.1, -0.05) is 38.5 Å². The van der Waals surface area contributed by atoms with E-state index in [0.29, 0.717) is 35.7 Å². The fourth-order valence-corrected chi connectivity index (χ4v) is 4.54. The van der Waals surface area contributed by atoms with E-state index in [1.165, 1.54) is 6.07 Å². The number of nitrogens with two attached hydrogens (primary N) is 1. The van der Waals surface area contributed by atoms with Crippen LogP contribution in [0.4, 0.5) is 17.1 Å². The first-order valence-electron chi connectivity index (χ1n) is 8.94. The van der Waals surface area contributed by atoms with Crippen molar-refractivity contribution in [1.82, 2.24) is 0 Å². The van der Waals surface area contributed by atoms with Crippen LogP contribution in [0.15, 0.2) is 30.3 Å². The number of nitro groups is 1. The fourth-order valence-electron chi connectivity index (χ4n) is 2.85. The Kier molecular flexibility index (Phi) is 6.81. The second kappa shape index (κ2) is 8.69. The molecule has 0 spiro atoms. The van der Waals surface area contributed by atoms with E-state index in [4.69, 9.17) is 10.3 Å². The number of hydrogen-bond donors (Lipinski definition) is 3. The summed E-state index contributed by atoms with van der Waals surface area (Å²) in [5, 5.41) is 15.3. The summed E-state index contributed by atoms with van der Waals surface area (Å²) in [4.78, 5) is 21.3. The minimum absolute atomic E-state index is 0.108. The Labute approximate surface area is 158 Å². The highest BCUT2D eigenvalue weighted by molar-refractivity contribution is 7.53. The SMILES string of the molecule is CCCC(Nc1c(N)cc([N+](=O)[O-])c2ccccc12)P(=O)(O)OC(C)CC. The van der Waals surface area contributed by atoms with Gasteiger partial charge in [-0.25, -0.2) is 0 Å². The predicted octanol–water partition coefficient (Wildman–Crippen LogP) is 4.87. The second-order valence-corrected chi connectivity index (χ2v) is 8.46. The molecule has 4 N–H and O–H groups in total. The summed E-state index contributed by atoms with van der Waals surface area (Å²) in [6.07, 6.45) is 1.27. The van der Waals surface area contributed by atoms with Crippen LogP contribution in [0.2, 0.25) is 0 Å². The molecule has 0 heterocycles. The van der Waals surface area contributed by atoms with Crippen molar-refractivity contribution < 1.29 is 18.9 Å². The van der Waals surface area contributed by atoms with Crippen molar-refractivity contribution in [2.45, 2.75) is 51.9 Å². The van der Waals surface area contributed by atoms with Crippen molar-refractivity contribution >= 4 is 35.4 Å². The van der Waals surface area contributed by atoms with Gasteiger partial charge in [-0.3, -0.25) is 14.7 Å². The molecule has 0 radical (unpaired) electrons. The summed E-state index contributed by atoms with van der Waals surface area (Å²) >= 11 is 0. The van der Waals surface area contributed by atoms with Crippen LogP contribution in [0.25, 0.3) is 10.8 Å². The minimum atomic E-state index is -3.99. The summed E-state index contributed by atoms with van der Waals surface area (Å²) in [5.74, 6) is -0.872. The fraction of sp³-hybridized carbons (Fsp3) is 0.444. The molecule has 9 heteroatoms. The van der Waals surface area contributed by atoms with E-state index in [0.717, 1.165) is 0 Å². The quantitative estimate of drug-likeness (QED) is 0.239. The highest BCUT2D eigenvalue weighted by Gasteiger charge is 2.34. The number of rotatable bonds is 9. The van der Waals surface area contributed by atoms with Gasteiger partial charge in [0.15, 0.2) is 0 Å². The number of non-ortho nitro benzene ring substituents is 1. The van der Waals surface area contributed by atoms with Crippen LogP contribution >= 0.6 is 7.60 Å². The maximum Gasteiger partial charge on any atom is 0.350 e. The van der Waals surface area contributed by atoms with Crippen LogP contribution in [0.1, 0.15) is 40.0 Å². The number of nitro benzene ring substituents is 1. The monoisotopic (exact) mass is 395 g/mol. The summed E-state index contributed by atoms with van der Waals surface area (Å²) in [5.41, 5.74) is 6.50. The molecule has 0 fully saturated rings. The van der Waals surface area contributed by atoms with Crippen molar-refractivity contribution in [2.75, 3.05) is 11.1 Å². The molecule has 0 aliphatic carbocycles. The molecule has 0 saturated heterocycles. The Hall–Kier alpha value is -2.15. The first-order valence-corrected chi connectivity index (χ1v) is 10.6. The van der Waals surface area contributed by atoms with E-state index in [-0.39, 0.29) is 17.5 Å². The minimum Gasteiger partial charge on any atom is -0.397 e. The highest BCUT2D eigenvalue weighted by atomic mass is 31.2. The number of hydrogen-bond acceptors (Lipinski definition) is 6. The Morgan fingerprint density at radius 3 is 2.52 bits per heavy atom. The van der Waals surface area contributed by atoms with E-state index in [1.807, 2.05) is 13.8 Å². The van der Waals surface area contributed by atoms with Crippen molar-refractivity contribution in [2.24, 2.45) is 0 Å². The number of anilines is 2. The van der Waals surface area contributed by atoms with Crippen LogP contribution in [-0.4, -0.2) is 21.7 Å². The van der Waals surface area contributed by atoms with Crippen LogP contribution in [0.3, 0.4) is 0 Å². The summed E-state index contributed by atoms with van der Waals surface area (Å²) in [7, 11) is -3.99. The van der Waals surface area contributed by atoms with Crippen LogP contribution in [0.5, 0.6) is 0 Å². The molecule has 27 heavy (non-hydrogen) atoms. The molecule has 3 atom stereocenters. The number of nitrogen functional groups attached to an aromatic ring is 1. The number of benzene rings is 2. The molecule has 148 valence electrons. The Balaban J connectivity index is 2.51. The molecule has 2 aromatic rings. The maximum absolute atomic E-state index is 12.8. The number of nitrogens with one attached hydrogen (secondary N) is 1. The zero-order valence-electron chi connectivity index (χ0n) is 15.7. The molecule has 0 bridgehead atoms. The van der Waals surface area contributed by atoms with Crippen molar-refractivity contribution in [3.8, 4) is 0 Å². The topological polar surface area (TPSA) is 128 Å². The zero-order valence-corrected chi connectivity index (χ0v) is 16.6. The van der Waals surface area contributed by atoms with Gasteiger partial charge in [0.05, 0.1) is 27.8 Å². The van der Waals surface area contributed by atoms with E-state index >= 15 is 0 Å². The third-order valence-corrected chi connectivity index (χ3v) is 6.26. The van der Waals surface area contributed by atoms with Gasteiger partial charge in [-0.2, -0.15) is 0 Å². The van der Waals surface area contributed by atoms with Crippen molar-refractivity contribution in [1.29, 1.82) is 0 Å². The number of fused-ring (bicyclic) bond motifs is 1. The molecular formula is C18H26N3O5P. The second-order valence-electron chi connectivity index (χ2n) is 6.50. The largest absolute Gasteiger partial charge is 0.397 e. The predicted molar refractivity (Wildman–Crippen MR) is 108 cm³/mol. The normalized spacial score (nSPS) is 15.9. The summed E-state index contributed by atoms with van der Waals surface area (Å²) in [6.45, 7) is 5.51. The van der Waals surface area contributed by atoms with E-state index in [9.17, 15) is 19.6 Å². The average Bonchev–Trinajstić information content (AvgIpc) is 2.62. The Bertz CT molecular complexity index is 873. The average molecular weight is 395 g/mol. The third kappa shape index (κ3) is 4.77. The molecule has 0 aromatic heterocycles. The van der Waals surface area contributed by atoms with Crippen molar-refractivity contribution in [3.05, 3.63) is 40.4 Å². The molecule has 8 nitrogen and oxygen atoms in total. The van der Waals surface area contributed by atoms with Gasteiger partial charge in [-0.05, 0) is 25.8 Å². The molecule has 0 aliphatic rings. The molecule has 2 aromatic carbocycles. The van der Waals surface area contributed by atoms with E-state index < -0.39 is 18.3 Å². The van der Waals surface area contributed by atoms with Crippen LogP contribution in [0, 0.1) is 10.1 Å². The molecule has 3 unspecified atom stereocenters. The van der Waals surface area contributed by atoms with Crippen LogP contribution < -0.4 is 11.1 Å². The summed E-state index contributed by atoms with van der Waals surface area (Å²) < 4.78 is 18.2. The molecular weight excluding hydrogens is 369 g/mol. The zero-order chi connectivity index (χ0) is 20.2. The Morgan fingerprint density at radius 2 is 1.96 bits per heavy atom. The maximum atomic E-state index is 12.8. The van der Waals surface area contributed by atoms with Gasteiger partial charge >= 0.3 is 7.60 Å². The van der Waals surface area contributed by atoms with E-state index in [2.05, 4.69) is 5.32 Å². The molecule has 2 rings (SSSR count). The van der Waals surface area contributed by atoms with Gasteiger partial charge in [0.1, 0.15) is 5.78 Å². The van der Waals surface area contributed by atoms with Crippen molar-refractivity contribution in [3.63, 3.8) is 0 Å². The lowest BCUT2D eigenvalue weighted by molar-refractivity contribution is -0.383. The molecule has 0 aliphatic heterocycles. The molecule has 0 amide bonds. The lowest BCUT2D eigenvalue weighted by atomic mass is 10.0. The first kappa shape index (κ1) is 21.2. The van der Waals surface area contributed by atoms with Gasteiger partial charge in [0.2, 0.25) is 0 Å². The smallest absolute Gasteiger partial charge is 0.350 e. The molecule has 0 saturated carbocycles. The lowest BCUT2D eigenvalue weighted by Crippen LogP contribution is -2.23. The van der Waals surface area contributed by atoms with Gasteiger partial charge in [0.25, 0.3) is 5.69 Å². The summed E-state index contributed by atoms with van der Waals surface area (Å²) in [6, 6.07) is 8.02. The van der Waals surface area contributed by atoms with Crippen LogP contribution in [-0.2, 0) is 9.09 Å². The lowest BCUT2D eigenvalue weighted by Gasteiger charge is -2.27.